The van der Waals surface area contributed by atoms with Gasteiger partial charge >= 0.3 is 0 Å². The summed E-state index contributed by atoms with van der Waals surface area (Å²) in [4.78, 5) is 101. The van der Waals surface area contributed by atoms with Gasteiger partial charge in [0.25, 0.3) is 63.7 Å². The van der Waals surface area contributed by atoms with Crippen LogP contribution in [0.2, 0.25) is 0 Å². The molecule has 13 heterocycles. The number of piperidine rings is 2. The SMILES string of the molecule is CC(C)COc1cc(F)cc(-c2ccc(C(=O)NS(=O)(=O)c3ccccc3)c(N3CC(C)CC3(C)C)n2)c1.CC(C)Oc1ccc(-c2ccc(C(=O)NS(=O)(=O)c3cccc(N)n3)c(N3CCC(c4ccccc4)C3C)n2)cn1.CC1CC(C)CN(c2nc(C(C)(C)C)ccc2C(=O)NS(=O)(=O)c2cccc(N)n2)C1.CCC1CCN(c2nc(-c3ccc(OC(C)C)nc3)ccc2C(=O)NS(=O)(=O)c2cccc(N)n2)CC1. The summed E-state index contributed by atoms with van der Waals surface area (Å²) in [6, 6.07) is 55.4. The number of amides is 4. The van der Waals surface area contributed by atoms with Crippen molar-refractivity contribution in [3.05, 3.63) is 258 Å². The molecule has 0 radical (unpaired) electrons. The van der Waals surface area contributed by atoms with Crippen molar-refractivity contribution in [2.45, 2.75) is 204 Å². The summed E-state index contributed by atoms with van der Waals surface area (Å²) >= 11 is 0. The van der Waals surface area contributed by atoms with Gasteiger partial charge in [-0.3, -0.25) is 19.2 Å². The molecular weight excluding hydrogens is 1950 g/mol. The molecule has 4 aliphatic heterocycles. The van der Waals surface area contributed by atoms with Gasteiger partial charge in [0.05, 0.1) is 63.0 Å². The summed E-state index contributed by atoms with van der Waals surface area (Å²) in [5, 5.41) is -0.974. The number of nitrogens with zero attached hydrogens (tertiary/aromatic N) is 13. The molecule has 16 rings (SSSR count). The van der Waals surface area contributed by atoms with Crippen molar-refractivity contribution in [2.75, 3.05) is 82.7 Å². The molecule has 4 fully saturated rings. The third-order valence-corrected chi connectivity index (χ3v) is 30.1. The van der Waals surface area contributed by atoms with Crippen molar-refractivity contribution in [2.24, 2.45) is 29.6 Å². The van der Waals surface area contributed by atoms with E-state index in [9.17, 15) is 57.2 Å². The first-order valence-corrected chi connectivity index (χ1v) is 54.8. The number of aromatic nitrogens is 9. The summed E-state index contributed by atoms with van der Waals surface area (Å²) < 4.78 is 143. The molecule has 5 atom stereocenters. The van der Waals surface area contributed by atoms with E-state index in [-0.39, 0.29) is 101 Å². The third-order valence-electron chi connectivity index (χ3n) is 25.0. The Labute approximate surface area is 860 Å². The first kappa shape index (κ1) is 110. The molecule has 3 aromatic carbocycles. The second-order valence-corrected chi connectivity index (χ2v) is 46.5. The fourth-order valence-electron chi connectivity index (χ4n) is 18.0. The fraction of sp³-hybridized carbons (Fsp3) is 0.374. The molecule has 4 aliphatic rings. The number of carbonyl (C=O) groups is 4. The van der Waals surface area contributed by atoms with Crippen molar-refractivity contribution < 1.29 is 71.5 Å². The van der Waals surface area contributed by atoms with E-state index in [1.54, 1.807) is 97.3 Å². The topological polar surface area (TPSA) is 488 Å². The molecule has 0 bridgehead atoms. The van der Waals surface area contributed by atoms with Gasteiger partial charge < -0.3 is 51.0 Å². The predicted molar refractivity (Wildman–Crippen MR) is 567 cm³/mol. The number of nitrogens with two attached hydrogens (primary N) is 3. The minimum atomic E-state index is -4.28. The number of ether oxygens (including phenoxy) is 3. The molecule has 4 amide bonds. The van der Waals surface area contributed by atoms with E-state index in [0.717, 1.165) is 81.5 Å². The highest BCUT2D eigenvalue weighted by Crippen LogP contribution is 2.43. The maximum atomic E-state index is 14.5. The average Bonchev–Trinajstić information content (AvgIpc) is 1.70. The number of halogens is 1. The highest BCUT2D eigenvalue weighted by Gasteiger charge is 2.42. The Balaban J connectivity index is 0.000000165. The van der Waals surface area contributed by atoms with Crippen LogP contribution >= 0.6 is 0 Å². The first-order valence-electron chi connectivity index (χ1n) is 48.9. The molecule has 778 valence electrons. The molecule has 0 aliphatic carbocycles. The Morgan fingerprint density at radius 1 is 0.463 bits per heavy atom. The molecule has 147 heavy (non-hydrogen) atoms. The van der Waals surface area contributed by atoms with E-state index in [1.807, 2.05) is 81.7 Å². The Morgan fingerprint density at radius 2 is 0.898 bits per heavy atom. The van der Waals surface area contributed by atoms with Crippen molar-refractivity contribution in [1.29, 1.82) is 0 Å². The minimum Gasteiger partial charge on any atom is -0.493 e. The Kier molecular flexibility index (Phi) is 35.1. The van der Waals surface area contributed by atoms with Crippen molar-refractivity contribution in [1.82, 2.24) is 63.7 Å². The number of hydrogen-bond donors (Lipinski definition) is 7. The van der Waals surface area contributed by atoms with E-state index in [4.69, 9.17) is 51.3 Å². The second kappa shape index (κ2) is 47.0. The maximum absolute atomic E-state index is 14.5. The Hall–Kier alpha value is -14.4. The summed E-state index contributed by atoms with van der Waals surface area (Å²) in [5.74, 6) is 1.98. The van der Waals surface area contributed by atoms with Crippen LogP contribution in [0, 0.1) is 35.4 Å². The number of anilines is 7. The number of sulfonamides is 4. The molecule has 5 unspecified atom stereocenters. The van der Waals surface area contributed by atoms with Gasteiger partial charge in [-0.25, -0.2) is 76.6 Å². The molecule has 12 aromatic rings. The number of nitrogens with one attached hydrogen (secondary N) is 4. The van der Waals surface area contributed by atoms with Crippen LogP contribution in [0.5, 0.6) is 17.5 Å². The van der Waals surface area contributed by atoms with E-state index >= 15 is 0 Å². The van der Waals surface area contributed by atoms with Crippen molar-refractivity contribution in [3.63, 3.8) is 0 Å². The van der Waals surface area contributed by atoms with Crippen LogP contribution in [-0.2, 0) is 45.5 Å². The van der Waals surface area contributed by atoms with Gasteiger partial charge in [-0.2, -0.15) is 25.3 Å². The van der Waals surface area contributed by atoms with Gasteiger partial charge in [0.1, 0.15) is 52.3 Å². The summed E-state index contributed by atoms with van der Waals surface area (Å²) in [6.45, 7) is 37.4. The zero-order chi connectivity index (χ0) is 106. The number of rotatable bonds is 28. The molecule has 35 nitrogen and oxygen atoms in total. The van der Waals surface area contributed by atoms with Crippen molar-refractivity contribution >= 4 is 104 Å². The number of benzene rings is 3. The van der Waals surface area contributed by atoms with E-state index in [2.05, 4.69) is 135 Å². The molecule has 0 spiro atoms. The standard InChI is InChI=1S/C30H32N6O4S.C29H34FN3O4S.C26H32N6O4S.C22H31N5O3S/c1-19(2)40-27-15-12-22(18-32-27)25-14-13-24(30(37)35-41(38,39)28-11-7-10-26(31)34-28)29(33-25)36-17-16-23(20(36)3)21-8-5-4-6-9-21;1-19(2)18-37-23-14-21(13-22(30)15-23)26-12-11-25(27(31-26)33-17-20(3)16-29(33,4)5)28(34)32-38(35,36)24-9-7-6-8-10-24;1-4-18-12-14-32(15-13-18)25-20(26(33)31-37(34,35)24-7-5-6-22(27)30-24)9-10-21(29-25)19-8-11-23(28-16-19)36-17(2)3;1-14-11-15(2)13-27(12-14)20-16(9-10-17(24-20)22(3,4)5)21(28)26-31(29,30)19-8-6-7-18(23)25-19/h4-15,18-20,23H,16-17H2,1-3H3,(H2,31,34)(H,35,37);6-15,19-20H,16-18H2,1-5H3,(H,32,34);5-11,16-18H,4,12-15H2,1-3H3,(H2,27,30)(H,31,33);6-10,14-15H,11-13H2,1-5H3,(H2,23,25)(H,26,28). The molecule has 0 saturated carbocycles. The molecule has 40 heteroatoms. The van der Waals surface area contributed by atoms with Gasteiger partial charge in [0, 0.05) is 115 Å². The van der Waals surface area contributed by atoms with E-state index in [0.29, 0.717) is 107 Å². The highest BCUT2D eigenvalue weighted by atomic mass is 32.2. The third kappa shape index (κ3) is 28.5. The first-order chi connectivity index (χ1) is 69.5. The quantitative estimate of drug-likeness (QED) is 0.0239. The number of nitrogen functional groups attached to an aromatic ring is 3. The number of pyridine rings is 9. The maximum Gasteiger partial charge on any atom is 0.281 e. The molecule has 10 N–H and O–H groups in total. The van der Waals surface area contributed by atoms with Gasteiger partial charge in [0.2, 0.25) is 11.8 Å². The van der Waals surface area contributed by atoms with Crippen LogP contribution < -0.4 is 69.9 Å². The van der Waals surface area contributed by atoms with E-state index < -0.39 is 69.5 Å². The normalized spacial score (nSPS) is 17.0. The van der Waals surface area contributed by atoms with Crippen LogP contribution in [0.3, 0.4) is 0 Å². The molecule has 4 saturated heterocycles. The van der Waals surface area contributed by atoms with Gasteiger partial charge in [0.15, 0.2) is 15.1 Å². The van der Waals surface area contributed by atoms with E-state index in [1.165, 1.54) is 84.4 Å². The highest BCUT2D eigenvalue weighted by molar-refractivity contribution is 7.91. The smallest absolute Gasteiger partial charge is 0.281 e. The van der Waals surface area contributed by atoms with Crippen LogP contribution in [0.4, 0.5) is 45.1 Å². The monoisotopic (exact) mass is 2080 g/mol. The largest absolute Gasteiger partial charge is 0.493 e. The zero-order valence-corrected chi connectivity index (χ0v) is 88.6. The fourth-order valence-corrected chi connectivity index (χ4v) is 21.9. The Bertz CT molecular complexity index is 7190. The lowest BCUT2D eigenvalue weighted by molar-refractivity contribution is 0.0972. The van der Waals surface area contributed by atoms with Gasteiger partial charge in [-0.1, -0.05) is 135 Å². The van der Waals surface area contributed by atoms with Gasteiger partial charge in [-0.15, -0.1) is 0 Å². The lowest BCUT2D eigenvalue weighted by Gasteiger charge is -2.37. The van der Waals surface area contributed by atoms with Gasteiger partial charge in [-0.05, 0) is 237 Å². The lowest BCUT2D eigenvalue weighted by Crippen LogP contribution is -2.41. The molecule has 9 aromatic heterocycles. The predicted octanol–water partition coefficient (Wildman–Crippen LogP) is 16.7. The minimum absolute atomic E-state index is 0.00108. The number of carbonyl (C=O) groups excluding carboxylic acids is 4. The summed E-state index contributed by atoms with van der Waals surface area (Å²) in [7, 11) is -16.8. The van der Waals surface area contributed by atoms with Crippen molar-refractivity contribution in [3.8, 4) is 51.3 Å². The Morgan fingerprint density at radius 3 is 1.33 bits per heavy atom. The average molecular weight is 2080 g/mol. The van der Waals surface area contributed by atoms with Crippen LogP contribution in [0.25, 0.3) is 33.8 Å². The van der Waals surface area contributed by atoms with Crippen LogP contribution in [0.15, 0.2) is 239 Å². The summed E-state index contributed by atoms with van der Waals surface area (Å²) in [6.07, 6.45) is 9.19. The molecular formula is C107H129FN20O15S4. The second-order valence-electron chi connectivity index (χ2n) is 39.9. The van der Waals surface area contributed by atoms with Crippen LogP contribution in [-0.4, -0.2) is 172 Å². The zero-order valence-electron chi connectivity index (χ0n) is 85.4. The lowest BCUT2D eigenvalue weighted by atomic mass is 9.90. The number of hydrogen-bond acceptors (Lipinski definition) is 31. The van der Waals surface area contributed by atoms with Crippen LogP contribution in [0.1, 0.15) is 208 Å². The summed E-state index contributed by atoms with van der Waals surface area (Å²) in [5.41, 5.74) is 22.7.